The van der Waals surface area contributed by atoms with Gasteiger partial charge in [-0.05, 0) is 33.7 Å². The van der Waals surface area contributed by atoms with E-state index in [1.807, 2.05) is 17.5 Å². The van der Waals surface area contributed by atoms with E-state index in [-0.39, 0.29) is 0 Å². The standard InChI is InChI=1S/C23H13NS/c1-2-6-15-14(5-1)9-10-17-16(15)11-12-19-22(17)23-18-7-3-4-8-20(18)25-21(23)13-24-19/h1-13H. The second kappa shape index (κ2) is 4.78. The molecule has 6 aromatic rings. The SMILES string of the molecule is c1ccc2c(c1)ccc1c2ccc2ncc3sc4ccccc4c3c21. The second-order valence-corrected chi connectivity index (χ2v) is 7.52. The van der Waals surface area contributed by atoms with E-state index < -0.39 is 0 Å². The smallest absolute Gasteiger partial charge is 0.0715 e. The fourth-order valence-corrected chi connectivity index (χ4v) is 5.07. The predicted molar refractivity (Wildman–Crippen MR) is 110 cm³/mol. The van der Waals surface area contributed by atoms with Gasteiger partial charge < -0.3 is 0 Å². The summed E-state index contributed by atoms with van der Waals surface area (Å²) in [7, 11) is 0. The van der Waals surface area contributed by atoms with Crippen molar-refractivity contribution in [3.63, 3.8) is 0 Å². The molecular formula is C23H13NS. The first-order chi connectivity index (χ1) is 12.4. The lowest BCUT2D eigenvalue weighted by Gasteiger charge is -2.08. The van der Waals surface area contributed by atoms with Crippen LogP contribution < -0.4 is 0 Å². The summed E-state index contributed by atoms with van der Waals surface area (Å²) in [5, 5.41) is 9.12. The molecule has 6 rings (SSSR count). The van der Waals surface area contributed by atoms with E-state index in [1.54, 1.807) is 0 Å². The van der Waals surface area contributed by atoms with Crippen LogP contribution in [0.3, 0.4) is 0 Å². The minimum Gasteiger partial charge on any atom is -0.255 e. The fourth-order valence-electron chi connectivity index (χ4n) is 3.99. The highest BCUT2D eigenvalue weighted by atomic mass is 32.1. The van der Waals surface area contributed by atoms with Crippen molar-refractivity contribution >= 4 is 64.0 Å². The Labute approximate surface area is 148 Å². The maximum absolute atomic E-state index is 4.75. The van der Waals surface area contributed by atoms with Gasteiger partial charge in [0.05, 0.1) is 10.2 Å². The largest absolute Gasteiger partial charge is 0.255 e. The molecule has 0 unspecified atom stereocenters. The summed E-state index contributed by atoms with van der Waals surface area (Å²) in [5.74, 6) is 0. The van der Waals surface area contributed by atoms with E-state index in [0.717, 1.165) is 5.52 Å². The van der Waals surface area contributed by atoms with Crippen LogP contribution in [0.2, 0.25) is 0 Å². The van der Waals surface area contributed by atoms with Gasteiger partial charge in [0, 0.05) is 27.1 Å². The van der Waals surface area contributed by atoms with Crippen LogP contribution in [-0.4, -0.2) is 4.98 Å². The number of nitrogens with zero attached hydrogens (tertiary/aromatic N) is 1. The van der Waals surface area contributed by atoms with Crippen LogP contribution in [0.5, 0.6) is 0 Å². The molecule has 0 aliphatic heterocycles. The minimum absolute atomic E-state index is 1.07. The molecule has 0 bridgehead atoms. The average molecular weight is 335 g/mol. The number of fused-ring (bicyclic) bond motifs is 9. The highest BCUT2D eigenvalue weighted by molar-refractivity contribution is 7.26. The van der Waals surface area contributed by atoms with Crippen LogP contribution in [0, 0.1) is 0 Å². The summed E-state index contributed by atoms with van der Waals surface area (Å²) in [5.41, 5.74) is 1.07. The molecule has 25 heavy (non-hydrogen) atoms. The van der Waals surface area contributed by atoms with Gasteiger partial charge in [0.25, 0.3) is 0 Å². The molecule has 2 aromatic heterocycles. The number of hydrogen-bond donors (Lipinski definition) is 0. The molecule has 0 aliphatic carbocycles. The van der Waals surface area contributed by atoms with Crippen LogP contribution in [0.4, 0.5) is 0 Å². The molecule has 4 aromatic carbocycles. The minimum atomic E-state index is 1.07. The Morgan fingerprint density at radius 1 is 0.560 bits per heavy atom. The van der Waals surface area contributed by atoms with Crippen molar-refractivity contribution in [2.45, 2.75) is 0 Å². The van der Waals surface area contributed by atoms with Gasteiger partial charge in [-0.3, -0.25) is 4.98 Å². The van der Waals surface area contributed by atoms with E-state index in [1.165, 1.54) is 47.1 Å². The Morgan fingerprint density at radius 2 is 1.36 bits per heavy atom. The maximum Gasteiger partial charge on any atom is 0.0715 e. The Balaban J connectivity index is 1.96. The van der Waals surface area contributed by atoms with Crippen molar-refractivity contribution < 1.29 is 0 Å². The Bertz CT molecular complexity index is 1440. The van der Waals surface area contributed by atoms with Crippen molar-refractivity contribution in [1.29, 1.82) is 0 Å². The normalized spacial score (nSPS) is 12.0. The van der Waals surface area contributed by atoms with Gasteiger partial charge in [-0.25, -0.2) is 0 Å². The first kappa shape index (κ1) is 13.3. The third-order valence-electron chi connectivity index (χ3n) is 5.10. The fraction of sp³-hybridized carbons (Fsp3) is 0. The van der Waals surface area contributed by atoms with Crippen LogP contribution in [0.15, 0.2) is 79.0 Å². The molecule has 2 heteroatoms. The van der Waals surface area contributed by atoms with Crippen molar-refractivity contribution in [2.75, 3.05) is 0 Å². The molecule has 116 valence electrons. The summed E-state index contributed by atoms with van der Waals surface area (Å²) in [4.78, 5) is 4.75. The van der Waals surface area contributed by atoms with Gasteiger partial charge in [-0.1, -0.05) is 60.7 Å². The molecule has 0 radical (unpaired) electrons. The number of thiophene rings is 1. The Kier molecular flexibility index (Phi) is 2.55. The molecule has 0 saturated heterocycles. The van der Waals surface area contributed by atoms with E-state index in [9.17, 15) is 0 Å². The summed E-state index contributed by atoms with van der Waals surface area (Å²) >= 11 is 1.83. The zero-order chi connectivity index (χ0) is 16.4. The molecule has 0 saturated carbocycles. The molecule has 2 heterocycles. The maximum atomic E-state index is 4.75. The van der Waals surface area contributed by atoms with E-state index >= 15 is 0 Å². The summed E-state index contributed by atoms with van der Waals surface area (Å²) < 4.78 is 2.58. The van der Waals surface area contributed by atoms with Gasteiger partial charge in [-0.2, -0.15) is 0 Å². The predicted octanol–water partition coefficient (Wildman–Crippen LogP) is 6.91. The van der Waals surface area contributed by atoms with E-state index in [4.69, 9.17) is 4.98 Å². The zero-order valence-corrected chi connectivity index (χ0v) is 14.2. The monoisotopic (exact) mass is 335 g/mol. The number of pyridine rings is 1. The highest BCUT2D eigenvalue weighted by Crippen LogP contribution is 2.41. The molecule has 0 spiro atoms. The third kappa shape index (κ3) is 1.75. The number of hydrogen-bond acceptors (Lipinski definition) is 2. The van der Waals surface area contributed by atoms with Crippen LogP contribution in [0.1, 0.15) is 0 Å². The summed E-state index contributed by atoms with van der Waals surface area (Å²) in [6.45, 7) is 0. The number of rotatable bonds is 0. The lowest BCUT2D eigenvalue weighted by atomic mass is 9.96. The zero-order valence-electron chi connectivity index (χ0n) is 13.4. The van der Waals surface area contributed by atoms with Gasteiger partial charge >= 0.3 is 0 Å². The molecule has 0 amide bonds. The van der Waals surface area contributed by atoms with Crippen molar-refractivity contribution in [1.82, 2.24) is 4.98 Å². The third-order valence-corrected chi connectivity index (χ3v) is 6.20. The molecule has 0 atom stereocenters. The van der Waals surface area contributed by atoms with Crippen LogP contribution in [-0.2, 0) is 0 Å². The van der Waals surface area contributed by atoms with Crippen LogP contribution >= 0.6 is 11.3 Å². The van der Waals surface area contributed by atoms with Crippen LogP contribution in [0.25, 0.3) is 52.6 Å². The summed E-state index contributed by atoms with van der Waals surface area (Å²) in [6, 6.07) is 26.1. The van der Waals surface area contributed by atoms with Crippen molar-refractivity contribution in [2.24, 2.45) is 0 Å². The second-order valence-electron chi connectivity index (χ2n) is 6.44. The first-order valence-electron chi connectivity index (χ1n) is 8.40. The van der Waals surface area contributed by atoms with E-state index in [2.05, 4.69) is 72.8 Å². The topological polar surface area (TPSA) is 12.9 Å². The van der Waals surface area contributed by atoms with Crippen molar-refractivity contribution in [3.8, 4) is 0 Å². The Hall–Kier alpha value is -2.97. The average Bonchev–Trinajstić information content (AvgIpc) is 3.06. The van der Waals surface area contributed by atoms with E-state index in [0.29, 0.717) is 0 Å². The summed E-state index contributed by atoms with van der Waals surface area (Å²) in [6.07, 6.45) is 2.02. The molecular weight excluding hydrogens is 322 g/mol. The van der Waals surface area contributed by atoms with Gasteiger partial charge in [-0.15, -0.1) is 11.3 Å². The Morgan fingerprint density at radius 3 is 2.32 bits per heavy atom. The lowest BCUT2D eigenvalue weighted by Crippen LogP contribution is -1.84. The van der Waals surface area contributed by atoms with Gasteiger partial charge in [0.15, 0.2) is 0 Å². The number of benzene rings is 4. The molecule has 0 aliphatic rings. The number of aromatic nitrogens is 1. The van der Waals surface area contributed by atoms with Gasteiger partial charge in [0.2, 0.25) is 0 Å². The molecule has 0 fully saturated rings. The van der Waals surface area contributed by atoms with Crippen molar-refractivity contribution in [3.05, 3.63) is 79.0 Å². The lowest BCUT2D eigenvalue weighted by molar-refractivity contribution is 1.46. The highest BCUT2D eigenvalue weighted by Gasteiger charge is 2.12. The van der Waals surface area contributed by atoms with Gasteiger partial charge in [0.1, 0.15) is 0 Å². The quantitative estimate of drug-likeness (QED) is 0.275. The molecule has 1 nitrogen and oxygen atoms in total. The first-order valence-corrected chi connectivity index (χ1v) is 9.22. The molecule has 0 N–H and O–H groups in total.